The van der Waals surface area contributed by atoms with Gasteiger partial charge in [0.1, 0.15) is 17.2 Å². The molecule has 0 saturated heterocycles. The molecule has 1 aliphatic rings. The minimum atomic E-state index is -0.295. The van der Waals surface area contributed by atoms with Gasteiger partial charge in [0, 0.05) is 50.8 Å². The van der Waals surface area contributed by atoms with Gasteiger partial charge in [-0.1, -0.05) is 0 Å². The first-order chi connectivity index (χ1) is 14.6. The highest BCUT2D eigenvalue weighted by Gasteiger charge is 2.28. The Hall–Kier alpha value is -2.71. The molecule has 0 amide bonds. The molecule has 3 heterocycles. The summed E-state index contributed by atoms with van der Waals surface area (Å²) in [6.07, 6.45) is 6.56. The van der Waals surface area contributed by atoms with Gasteiger partial charge in [0.25, 0.3) is 0 Å². The van der Waals surface area contributed by atoms with E-state index in [1.54, 1.807) is 28.4 Å². The predicted octanol–water partition coefficient (Wildman–Crippen LogP) is 3.12. The number of nitrogens with one attached hydrogen (secondary N) is 1. The molecule has 1 atom stereocenters. The summed E-state index contributed by atoms with van der Waals surface area (Å²) in [7, 11) is 1.70. The highest BCUT2D eigenvalue weighted by atomic mass is 19.1. The van der Waals surface area contributed by atoms with E-state index in [4.69, 9.17) is 9.84 Å². The lowest BCUT2D eigenvalue weighted by atomic mass is 10.1. The van der Waals surface area contributed by atoms with Crippen LogP contribution in [0.5, 0.6) is 0 Å². The van der Waals surface area contributed by atoms with Crippen molar-refractivity contribution in [2.45, 2.75) is 45.3 Å². The van der Waals surface area contributed by atoms with Gasteiger partial charge in [0.2, 0.25) is 0 Å². The van der Waals surface area contributed by atoms with Crippen LogP contribution in [-0.4, -0.2) is 39.2 Å². The number of nitrogens with zero attached hydrogens (tertiary/aromatic N) is 4. The van der Waals surface area contributed by atoms with Crippen molar-refractivity contribution in [3.8, 4) is 16.9 Å². The Morgan fingerprint density at radius 2 is 2.00 bits per heavy atom. The summed E-state index contributed by atoms with van der Waals surface area (Å²) >= 11 is 0. The largest absolute Gasteiger partial charge is 0.385 e. The first-order valence-corrected chi connectivity index (χ1v) is 10.5. The molecule has 30 heavy (non-hydrogen) atoms. The van der Waals surface area contributed by atoms with Crippen molar-refractivity contribution in [3.63, 3.8) is 0 Å². The van der Waals surface area contributed by atoms with Crippen molar-refractivity contribution in [2.75, 3.05) is 20.3 Å². The van der Waals surface area contributed by atoms with Gasteiger partial charge in [-0.05, 0) is 50.5 Å². The number of hydrogen-bond donors (Lipinski definition) is 1. The number of hydrogen-bond acceptors (Lipinski definition) is 4. The second-order valence-corrected chi connectivity index (χ2v) is 7.69. The van der Waals surface area contributed by atoms with Crippen molar-refractivity contribution in [1.82, 2.24) is 24.2 Å². The van der Waals surface area contributed by atoms with Crippen LogP contribution in [0.2, 0.25) is 0 Å². The number of aromatic nitrogens is 4. The summed E-state index contributed by atoms with van der Waals surface area (Å²) < 4.78 is 23.9. The van der Waals surface area contributed by atoms with Crippen molar-refractivity contribution in [2.24, 2.45) is 0 Å². The van der Waals surface area contributed by atoms with E-state index in [1.807, 2.05) is 17.1 Å². The summed E-state index contributed by atoms with van der Waals surface area (Å²) in [5.74, 6) is -0.295. The second-order valence-electron chi connectivity index (χ2n) is 7.69. The first-order valence-electron chi connectivity index (χ1n) is 10.5. The molecule has 160 valence electrons. The van der Waals surface area contributed by atoms with Gasteiger partial charge in [-0.3, -0.25) is 13.8 Å². The quantitative estimate of drug-likeness (QED) is 0.577. The fourth-order valence-corrected chi connectivity index (χ4v) is 4.05. The monoisotopic (exact) mass is 413 g/mol. The molecule has 2 aromatic heterocycles. The average Bonchev–Trinajstić information content (AvgIpc) is 3.30. The van der Waals surface area contributed by atoms with E-state index in [0.29, 0.717) is 12.2 Å². The van der Waals surface area contributed by atoms with Crippen LogP contribution in [0.15, 0.2) is 41.5 Å². The van der Waals surface area contributed by atoms with Gasteiger partial charge in [-0.15, -0.1) is 0 Å². The first kappa shape index (κ1) is 20.6. The minimum Gasteiger partial charge on any atom is -0.385 e. The number of fused-ring (bicyclic) bond motifs is 1. The van der Waals surface area contributed by atoms with Crippen LogP contribution in [0.25, 0.3) is 16.9 Å². The van der Waals surface area contributed by atoms with Crippen molar-refractivity contribution in [3.05, 3.63) is 58.7 Å². The molecule has 7 nitrogen and oxygen atoms in total. The second kappa shape index (κ2) is 8.97. The molecule has 0 radical (unpaired) electrons. The summed E-state index contributed by atoms with van der Waals surface area (Å²) in [4.78, 5) is 13.2. The van der Waals surface area contributed by atoms with Crippen LogP contribution in [0.1, 0.15) is 37.9 Å². The molecular formula is C22H28FN5O2. The molecule has 1 aromatic carbocycles. The average molecular weight is 413 g/mol. The summed E-state index contributed by atoms with van der Waals surface area (Å²) in [5, 5.41) is 8.24. The van der Waals surface area contributed by atoms with Crippen molar-refractivity contribution >= 4 is 0 Å². The van der Waals surface area contributed by atoms with Crippen LogP contribution in [0, 0.1) is 5.82 Å². The molecule has 4 rings (SSSR count). The molecular weight excluding hydrogens is 385 g/mol. The normalized spacial score (nSPS) is 16.0. The van der Waals surface area contributed by atoms with E-state index < -0.39 is 0 Å². The predicted molar refractivity (Wildman–Crippen MR) is 113 cm³/mol. The minimum absolute atomic E-state index is 0.0553. The zero-order valence-corrected chi connectivity index (χ0v) is 17.5. The number of ether oxygens (including phenoxy) is 1. The van der Waals surface area contributed by atoms with Gasteiger partial charge in [-0.2, -0.15) is 5.10 Å². The van der Waals surface area contributed by atoms with Gasteiger partial charge >= 0.3 is 5.69 Å². The maximum absolute atomic E-state index is 13.5. The van der Waals surface area contributed by atoms with Crippen molar-refractivity contribution in [1.29, 1.82) is 0 Å². The molecule has 0 saturated carbocycles. The number of rotatable bonds is 8. The smallest absolute Gasteiger partial charge is 0.332 e. The topological polar surface area (TPSA) is 66.0 Å². The Morgan fingerprint density at radius 3 is 2.77 bits per heavy atom. The lowest BCUT2D eigenvalue weighted by Gasteiger charge is -2.23. The standard InChI is InChI=1S/C22H28FN5O2/c1-16-20-21(27-14-13-26(22(27)29)11-4-3-5-15-30-2)19(25-28(20)12-10-24-16)17-6-8-18(23)9-7-17/h6-9,13-14,16,24H,3-5,10-12,15H2,1-2H3. The highest BCUT2D eigenvalue weighted by molar-refractivity contribution is 5.71. The van der Waals surface area contributed by atoms with Crippen LogP contribution in [0.4, 0.5) is 4.39 Å². The van der Waals surface area contributed by atoms with Gasteiger partial charge in [-0.25, -0.2) is 9.18 Å². The SMILES string of the molecule is COCCCCCn1ccn(-c2c(-c3ccc(F)cc3)nn3c2C(C)NCC3)c1=O. The van der Waals surface area contributed by atoms with Gasteiger partial charge in [0.05, 0.1) is 12.2 Å². The highest BCUT2D eigenvalue weighted by Crippen LogP contribution is 2.33. The third kappa shape index (κ3) is 3.97. The Bertz CT molecular complexity index is 1050. The number of methoxy groups -OCH3 is 1. The lowest BCUT2D eigenvalue weighted by molar-refractivity contribution is 0.191. The van der Waals surface area contributed by atoms with Crippen LogP contribution < -0.4 is 11.0 Å². The van der Waals surface area contributed by atoms with Crippen LogP contribution >= 0.6 is 0 Å². The van der Waals surface area contributed by atoms with Crippen LogP contribution in [-0.2, 0) is 17.8 Å². The molecule has 0 fully saturated rings. The molecule has 1 unspecified atom stereocenters. The van der Waals surface area contributed by atoms with Crippen molar-refractivity contribution < 1.29 is 9.13 Å². The fraction of sp³-hybridized carbons (Fsp3) is 0.455. The summed E-state index contributed by atoms with van der Waals surface area (Å²) in [5.41, 5.74) is 3.14. The molecule has 1 aliphatic heterocycles. The Kier molecular flexibility index (Phi) is 6.15. The Morgan fingerprint density at radius 1 is 1.20 bits per heavy atom. The molecule has 0 spiro atoms. The lowest BCUT2D eigenvalue weighted by Crippen LogP contribution is -2.33. The van der Waals surface area contributed by atoms with Crippen LogP contribution in [0.3, 0.4) is 0 Å². The van der Waals surface area contributed by atoms with E-state index in [1.165, 1.54) is 12.1 Å². The van der Waals surface area contributed by atoms with E-state index in [2.05, 4.69) is 12.2 Å². The van der Waals surface area contributed by atoms with E-state index >= 15 is 0 Å². The Balaban J connectivity index is 1.72. The molecule has 0 bridgehead atoms. The number of imidazole rings is 1. The maximum atomic E-state index is 13.5. The third-order valence-corrected chi connectivity index (χ3v) is 5.60. The summed E-state index contributed by atoms with van der Waals surface area (Å²) in [6.45, 7) is 5.02. The van der Waals surface area contributed by atoms with E-state index in [-0.39, 0.29) is 17.5 Å². The zero-order valence-electron chi connectivity index (χ0n) is 17.5. The zero-order chi connectivity index (χ0) is 21.1. The van der Waals surface area contributed by atoms with Gasteiger partial charge < -0.3 is 10.1 Å². The number of benzene rings is 1. The number of unbranched alkanes of at least 4 members (excludes halogenated alkanes) is 2. The van der Waals surface area contributed by atoms with E-state index in [9.17, 15) is 9.18 Å². The third-order valence-electron chi connectivity index (χ3n) is 5.60. The molecule has 1 N–H and O–H groups in total. The number of halogens is 1. The summed E-state index contributed by atoms with van der Waals surface area (Å²) in [6, 6.07) is 6.33. The maximum Gasteiger partial charge on any atom is 0.332 e. The fourth-order valence-electron chi connectivity index (χ4n) is 4.05. The van der Waals surface area contributed by atoms with Gasteiger partial charge in [0.15, 0.2) is 0 Å². The van der Waals surface area contributed by atoms with E-state index in [0.717, 1.165) is 55.9 Å². The molecule has 8 heteroatoms. The molecule has 0 aliphatic carbocycles. The molecule has 3 aromatic rings. The Labute approximate surface area is 175 Å². The number of aryl methyl sites for hydroxylation is 1.